The van der Waals surface area contributed by atoms with E-state index >= 15 is 0 Å². The fraction of sp³-hybridized carbons (Fsp3) is 0.706. The van der Waals surface area contributed by atoms with Gasteiger partial charge in [0.1, 0.15) is 11.9 Å². The highest BCUT2D eigenvalue weighted by atomic mass is 16.4. The molecule has 2 aliphatic rings. The van der Waals surface area contributed by atoms with E-state index in [9.17, 15) is 9.90 Å². The number of rotatable bonds is 4. The van der Waals surface area contributed by atoms with Gasteiger partial charge in [-0.2, -0.15) is 0 Å². The molecule has 0 aromatic carbocycles. The van der Waals surface area contributed by atoms with Crippen molar-refractivity contribution in [3.63, 3.8) is 0 Å². The molecule has 22 heavy (non-hydrogen) atoms. The summed E-state index contributed by atoms with van der Waals surface area (Å²) < 4.78 is 5.12. The number of aliphatic hydroxyl groups is 1. The molecule has 2 saturated carbocycles. The molecule has 1 heterocycles. The molecule has 4 unspecified atom stereocenters. The van der Waals surface area contributed by atoms with Crippen molar-refractivity contribution in [3.8, 4) is 0 Å². The Labute approximate surface area is 131 Å². The second kappa shape index (κ2) is 5.30. The van der Waals surface area contributed by atoms with Crippen LogP contribution in [-0.2, 0) is 0 Å². The van der Waals surface area contributed by atoms with E-state index in [1.54, 1.807) is 12.1 Å². The van der Waals surface area contributed by atoms with E-state index in [0.29, 0.717) is 11.7 Å². The zero-order valence-electron chi connectivity index (χ0n) is 13.6. The Balaban J connectivity index is 1.53. The summed E-state index contributed by atoms with van der Waals surface area (Å²) in [5.74, 6) is 1.16. The van der Waals surface area contributed by atoms with E-state index in [4.69, 9.17) is 4.42 Å². The molecule has 2 bridgehead atoms. The first kappa shape index (κ1) is 15.4. The highest BCUT2D eigenvalue weighted by Gasteiger charge is 2.61. The Morgan fingerprint density at radius 2 is 2.27 bits per heavy atom. The van der Waals surface area contributed by atoms with E-state index in [1.807, 2.05) is 0 Å². The summed E-state index contributed by atoms with van der Waals surface area (Å²) in [4.78, 5) is 12.1. The number of carbonyl (C=O) groups is 1. The molecule has 0 saturated heterocycles. The Hall–Kier alpha value is -1.49. The Morgan fingerprint density at radius 1 is 1.50 bits per heavy atom. The first-order valence-electron chi connectivity index (χ1n) is 8.10. The predicted octanol–water partition coefficient (Wildman–Crippen LogP) is 2.83. The van der Waals surface area contributed by atoms with Crippen LogP contribution in [0.2, 0.25) is 0 Å². The average molecular weight is 306 g/mol. The zero-order valence-corrected chi connectivity index (χ0v) is 13.6. The van der Waals surface area contributed by atoms with Crippen LogP contribution in [0.25, 0.3) is 0 Å². The van der Waals surface area contributed by atoms with Crippen molar-refractivity contribution in [2.24, 2.45) is 16.7 Å². The lowest BCUT2D eigenvalue weighted by Gasteiger charge is -2.39. The molecule has 3 N–H and O–H groups in total. The minimum Gasteiger partial charge on any atom is -0.467 e. The van der Waals surface area contributed by atoms with Crippen molar-refractivity contribution in [1.82, 2.24) is 10.6 Å². The minimum atomic E-state index is -0.812. The van der Waals surface area contributed by atoms with Crippen molar-refractivity contribution in [2.45, 2.75) is 52.2 Å². The SMILES string of the molecule is CC1(C)C2CCC1(C)C(NC(=O)NCC(O)c1ccco1)C2. The molecule has 1 aromatic rings. The number of furan rings is 1. The summed E-state index contributed by atoms with van der Waals surface area (Å²) in [6.07, 6.45) is 4.19. The maximum Gasteiger partial charge on any atom is 0.315 e. The first-order chi connectivity index (χ1) is 10.3. The van der Waals surface area contributed by atoms with Gasteiger partial charge in [-0.15, -0.1) is 0 Å². The van der Waals surface area contributed by atoms with Gasteiger partial charge in [0, 0.05) is 6.04 Å². The summed E-state index contributed by atoms with van der Waals surface area (Å²) >= 11 is 0. The third kappa shape index (κ3) is 2.32. The number of amides is 2. The van der Waals surface area contributed by atoms with Crippen LogP contribution in [0.15, 0.2) is 22.8 Å². The van der Waals surface area contributed by atoms with Crippen molar-refractivity contribution in [3.05, 3.63) is 24.2 Å². The van der Waals surface area contributed by atoms with Crippen molar-refractivity contribution < 1.29 is 14.3 Å². The van der Waals surface area contributed by atoms with E-state index < -0.39 is 6.10 Å². The van der Waals surface area contributed by atoms with Crippen LogP contribution in [0, 0.1) is 16.7 Å². The quantitative estimate of drug-likeness (QED) is 0.800. The topological polar surface area (TPSA) is 74.5 Å². The van der Waals surface area contributed by atoms with E-state index in [0.717, 1.165) is 6.42 Å². The van der Waals surface area contributed by atoms with Gasteiger partial charge in [-0.05, 0) is 48.1 Å². The molecule has 0 spiro atoms. The summed E-state index contributed by atoms with van der Waals surface area (Å²) in [6.45, 7) is 7.09. The van der Waals surface area contributed by atoms with Gasteiger partial charge in [-0.1, -0.05) is 20.8 Å². The second-order valence-corrected chi connectivity index (χ2v) is 7.55. The number of carbonyl (C=O) groups excluding carboxylic acids is 1. The molecule has 3 rings (SSSR count). The molecule has 5 nitrogen and oxygen atoms in total. The molecule has 2 amide bonds. The monoisotopic (exact) mass is 306 g/mol. The lowest BCUT2D eigenvalue weighted by atomic mass is 9.69. The van der Waals surface area contributed by atoms with Crippen LogP contribution in [-0.4, -0.2) is 23.7 Å². The third-order valence-corrected chi connectivity index (χ3v) is 6.43. The van der Waals surface area contributed by atoms with E-state index in [1.165, 1.54) is 19.1 Å². The van der Waals surface area contributed by atoms with Crippen molar-refractivity contribution >= 4 is 6.03 Å². The molecule has 122 valence electrons. The molecule has 5 heteroatoms. The normalized spacial score (nSPS) is 33.6. The number of hydrogen-bond acceptors (Lipinski definition) is 3. The van der Waals surface area contributed by atoms with Crippen LogP contribution in [0.1, 0.15) is 51.9 Å². The van der Waals surface area contributed by atoms with Gasteiger partial charge in [0.25, 0.3) is 0 Å². The van der Waals surface area contributed by atoms with E-state index in [2.05, 4.69) is 31.4 Å². The fourth-order valence-corrected chi connectivity index (χ4v) is 4.40. The highest BCUT2D eigenvalue weighted by Crippen LogP contribution is 2.65. The van der Waals surface area contributed by atoms with Gasteiger partial charge < -0.3 is 20.2 Å². The van der Waals surface area contributed by atoms with Gasteiger partial charge in [0.05, 0.1) is 12.8 Å². The van der Waals surface area contributed by atoms with Gasteiger partial charge in [-0.3, -0.25) is 0 Å². The Kier molecular flexibility index (Phi) is 3.71. The molecular weight excluding hydrogens is 280 g/mol. The molecule has 2 aliphatic carbocycles. The summed E-state index contributed by atoms with van der Waals surface area (Å²) in [7, 11) is 0. The smallest absolute Gasteiger partial charge is 0.315 e. The molecule has 0 radical (unpaired) electrons. The van der Waals surface area contributed by atoms with Gasteiger partial charge in [0.15, 0.2) is 0 Å². The largest absolute Gasteiger partial charge is 0.467 e. The third-order valence-electron chi connectivity index (χ3n) is 6.43. The number of fused-ring (bicyclic) bond motifs is 2. The van der Waals surface area contributed by atoms with Crippen LogP contribution in [0.4, 0.5) is 4.79 Å². The van der Waals surface area contributed by atoms with Crippen molar-refractivity contribution in [2.75, 3.05) is 6.54 Å². The van der Waals surface area contributed by atoms with Crippen LogP contribution in [0.5, 0.6) is 0 Å². The fourth-order valence-electron chi connectivity index (χ4n) is 4.40. The second-order valence-electron chi connectivity index (χ2n) is 7.55. The number of nitrogens with one attached hydrogen (secondary N) is 2. The molecule has 4 atom stereocenters. The van der Waals surface area contributed by atoms with Crippen LogP contribution >= 0.6 is 0 Å². The summed E-state index contributed by atoms with van der Waals surface area (Å²) in [5, 5.41) is 15.8. The first-order valence-corrected chi connectivity index (χ1v) is 8.10. The molecule has 1 aromatic heterocycles. The Bertz CT molecular complexity index is 540. The molecule has 0 aliphatic heterocycles. The Morgan fingerprint density at radius 3 is 2.82 bits per heavy atom. The molecular formula is C17H26N2O3. The van der Waals surface area contributed by atoms with Crippen LogP contribution < -0.4 is 10.6 Å². The maximum absolute atomic E-state index is 12.1. The van der Waals surface area contributed by atoms with Gasteiger partial charge in [0.2, 0.25) is 0 Å². The van der Waals surface area contributed by atoms with Crippen LogP contribution in [0.3, 0.4) is 0 Å². The number of urea groups is 1. The lowest BCUT2D eigenvalue weighted by Crippen LogP contribution is -2.50. The zero-order chi connectivity index (χ0) is 16.0. The maximum atomic E-state index is 12.1. The van der Waals surface area contributed by atoms with Crippen molar-refractivity contribution in [1.29, 1.82) is 0 Å². The predicted molar refractivity (Wildman–Crippen MR) is 83.2 cm³/mol. The van der Waals surface area contributed by atoms with Gasteiger partial charge >= 0.3 is 6.03 Å². The number of aliphatic hydroxyl groups excluding tert-OH is 1. The van der Waals surface area contributed by atoms with E-state index in [-0.39, 0.29) is 29.4 Å². The lowest BCUT2D eigenvalue weighted by molar-refractivity contribution is 0.121. The average Bonchev–Trinajstić information content (AvgIpc) is 3.11. The summed E-state index contributed by atoms with van der Waals surface area (Å²) in [6, 6.07) is 3.42. The number of hydrogen-bond donors (Lipinski definition) is 3. The highest BCUT2D eigenvalue weighted by molar-refractivity contribution is 5.74. The standard InChI is InChI=1S/C17H26N2O3/c1-16(2)11-6-7-17(16,3)14(9-11)19-15(21)18-10-12(20)13-5-4-8-22-13/h4-5,8,11-12,14,20H,6-7,9-10H2,1-3H3,(H2,18,19,21). The van der Waals surface area contributed by atoms with Gasteiger partial charge in [-0.25, -0.2) is 4.79 Å². The molecule has 2 fully saturated rings. The minimum absolute atomic E-state index is 0.148. The summed E-state index contributed by atoms with van der Waals surface area (Å²) in [5.41, 5.74) is 0.438.